The lowest BCUT2D eigenvalue weighted by molar-refractivity contribution is 1.02. The van der Waals surface area contributed by atoms with Crippen LogP contribution in [0.3, 0.4) is 0 Å². The van der Waals surface area contributed by atoms with E-state index in [4.69, 9.17) is 0 Å². The topological polar surface area (TPSA) is 37.8 Å². The van der Waals surface area contributed by atoms with E-state index in [0.29, 0.717) is 0 Å². The van der Waals surface area contributed by atoms with E-state index in [1.807, 2.05) is 19.9 Å². The Morgan fingerprint density at radius 3 is 2.71 bits per heavy atom. The molecule has 1 N–H and O–H groups in total. The number of aryl methyl sites for hydroxylation is 2. The molecule has 21 heavy (non-hydrogen) atoms. The number of hydrogen-bond acceptors (Lipinski definition) is 4. The summed E-state index contributed by atoms with van der Waals surface area (Å²) >= 11 is 1.68. The van der Waals surface area contributed by atoms with Gasteiger partial charge >= 0.3 is 0 Å². The van der Waals surface area contributed by atoms with Crippen LogP contribution in [-0.4, -0.2) is 16.5 Å². The molecule has 0 atom stereocenters. The van der Waals surface area contributed by atoms with Crippen molar-refractivity contribution in [1.29, 1.82) is 0 Å². The fourth-order valence-corrected chi connectivity index (χ4v) is 2.94. The third kappa shape index (κ3) is 3.58. The lowest BCUT2D eigenvalue weighted by Crippen LogP contribution is -2.19. The Kier molecular flexibility index (Phi) is 4.91. The molecule has 2 rings (SSSR count). The van der Waals surface area contributed by atoms with Gasteiger partial charge in [-0.2, -0.15) is 0 Å². The number of hydrogen-bond donors (Lipinski definition) is 1. The maximum absolute atomic E-state index is 4.56. The minimum Gasteiger partial charge on any atom is -0.370 e. The average molecular weight is 299 g/mol. The van der Waals surface area contributed by atoms with E-state index in [0.717, 1.165) is 34.0 Å². The number of anilines is 1. The molecule has 2 aromatic rings. The quantitative estimate of drug-likeness (QED) is 0.943. The molecule has 0 bridgehead atoms. The lowest BCUT2D eigenvalue weighted by Gasteiger charge is -2.07. The highest BCUT2D eigenvalue weighted by molar-refractivity contribution is 7.07. The van der Waals surface area contributed by atoms with Gasteiger partial charge in [-0.25, -0.2) is 9.97 Å². The second kappa shape index (κ2) is 6.68. The molecule has 110 valence electrons. The fourth-order valence-electron chi connectivity index (χ4n) is 2.15. The molecule has 4 heteroatoms. The van der Waals surface area contributed by atoms with Crippen molar-refractivity contribution in [2.24, 2.45) is 0 Å². The van der Waals surface area contributed by atoms with E-state index in [1.165, 1.54) is 10.8 Å². The average Bonchev–Trinajstić information content (AvgIpc) is 2.75. The van der Waals surface area contributed by atoms with Gasteiger partial charge in [0.25, 0.3) is 0 Å². The highest BCUT2D eigenvalue weighted by Gasteiger charge is 2.05. The first-order valence-electron chi connectivity index (χ1n) is 7.06. The summed E-state index contributed by atoms with van der Waals surface area (Å²) in [5.41, 5.74) is 3.28. The predicted molar refractivity (Wildman–Crippen MR) is 92.9 cm³/mol. The second-order valence-corrected chi connectivity index (χ2v) is 5.82. The first-order chi connectivity index (χ1) is 10.0. The van der Waals surface area contributed by atoms with Gasteiger partial charge in [-0.1, -0.05) is 12.7 Å². The second-order valence-electron chi connectivity index (χ2n) is 4.86. The van der Waals surface area contributed by atoms with Gasteiger partial charge in [-0.05, 0) is 55.5 Å². The van der Waals surface area contributed by atoms with Gasteiger partial charge in [0.1, 0.15) is 11.6 Å². The number of thiophene rings is 1. The molecule has 0 radical (unpaired) electrons. The van der Waals surface area contributed by atoms with Crippen molar-refractivity contribution < 1.29 is 0 Å². The zero-order valence-electron chi connectivity index (χ0n) is 13.0. The van der Waals surface area contributed by atoms with Gasteiger partial charge in [0.2, 0.25) is 0 Å². The van der Waals surface area contributed by atoms with E-state index >= 15 is 0 Å². The van der Waals surface area contributed by atoms with E-state index in [2.05, 4.69) is 53.2 Å². The first-order valence-corrected chi connectivity index (χ1v) is 7.94. The largest absolute Gasteiger partial charge is 0.370 e. The Hall–Kier alpha value is -1.94. The Labute approximate surface area is 129 Å². The predicted octanol–water partition coefficient (Wildman–Crippen LogP) is 2.88. The molecule has 2 aromatic heterocycles. The summed E-state index contributed by atoms with van der Waals surface area (Å²) < 4.78 is 1.09. The van der Waals surface area contributed by atoms with Gasteiger partial charge in [0.15, 0.2) is 0 Å². The molecular formula is C17H21N3S. The number of nitrogens with one attached hydrogen (secondary N) is 1. The zero-order valence-corrected chi connectivity index (χ0v) is 13.8. The molecule has 0 aromatic carbocycles. The zero-order chi connectivity index (χ0) is 15.4. The normalized spacial score (nSPS) is 12.8. The van der Waals surface area contributed by atoms with Crippen molar-refractivity contribution in [3.05, 3.63) is 44.4 Å². The minimum absolute atomic E-state index is 0.771. The van der Waals surface area contributed by atoms with Crippen LogP contribution in [0.5, 0.6) is 0 Å². The Morgan fingerprint density at radius 2 is 2.14 bits per heavy atom. The molecule has 0 saturated heterocycles. The molecule has 0 fully saturated rings. The van der Waals surface area contributed by atoms with Crippen molar-refractivity contribution in [2.45, 2.75) is 27.7 Å². The third-order valence-electron chi connectivity index (χ3n) is 3.21. The van der Waals surface area contributed by atoms with Gasteiger partial charge in [0, 0.05) is 17.1 Å². The van der Waals surface area contributed by atoms with Crippen molar-refractivity contribution >= 4 is 35.4 Å². The highest BCUT2D eigenvalue weighted by Crippen LogP contribution is 2.17. The monoisotopic (exact) mass is 299 g/mol. The maximum Gasteiger partial charge on any atom is 0.130 e. The summed E-state index contributed by atoms with van der Waals surface area (Å²) in [5.74, 6) is 1.64. The van der Waals surface area contributed by atoms with Crippen molar-refractivity contribution in [3.8, 4) is 0 Å². The van der Waals surface area contributed by atoms with Crippen LogP contribution < -0.4 is 15.1 Å². The molecule has 0 amide bonds. The third-order valence-corrected chi connectivity index (χ3v) is 4.18. The van der Waals surface area contributed by atoms with Crippen molar-refractivity contribution in [3.63, 3.8) is 0 Å². The molecule has 2 heterocycles. The van der Waals surface area contributed by atoms with Crippen molar-refractivity contribution in [2.75, 3.05) is 11.9 Å². The van der Waals surface area contributed by atoms with Crippen LogP contribution >= 0.6 is 11.3 Å². The number of nitrogens with zero attached hydrogens (tertiary/aromatic N) is 2. The molecule has 0 aliphatic heterocycles. The SMILES string of the molecule is C=c1scc(C)/c1=C/C(=C\C)c1cc(NCC)nc(C)n1. The van der Waals surface area contributed by atoms with E-state index in [9.17, 15) is 0 Å². The molecule has 0 aliphatic rings. The van der Waals surface area contributed by atoms with Gasteiger partial charge < -0.3 is 5.32 Å². The Morgan fingerprint density at radius 1 is 1.38 bits per heavy atom. The maximum atomic E-state index is 4.56. The van der Waals surface area contributed by atoms with Crippen LogP contribution in [0.15, 0.2) is 17.5 Å². The molecule has 0 aliphatic carbocycles. The molecule has 3 nitrogen and oxygen atoms in total. The summed E-state index contributed by atoms with van der Waals surface area (Å²) in [6.45, 7) is 13.1. The number of rotatable bonds is 4. The van der Waals surface area contributed by atoms with Crippen molar-refractivity contribution in [1.82, 2.24) is 9.97 Å². The van der Waals surface area contributed by atoms with E-state index < -0.39 is 0 Å². The number of aromatic nitrogens is 2. The van der Waals surface area contributed by atoms with Crippen LogP contribution in [-0.2, 0) is 0 Å². The Balaban J connectivity index is 2.53. The summed E-state index contributed by atoms with van der Waals surface area (Å²) in [4.78, 5) is 8.96. The van der Waals surface area contributed by atoms with Gasteiger partial charge in [0.05, 0.1) is 5.69 Å². The molecule has 0 spiro atoms. The van der Waals surface area contributed by atoms with E-state index in [1.54, 1.807) is 11.3 Å². The summed E-state index contributed by atoms with van der Waals surface area (Å²) in [5, 5.41) is 6.57. The fraction of sp³-hybridized carbons (Fsp3) is 0.294. The van der Waals surface area contributed by atoms with Crippen LogP contribution in [0.4, 0.5) is 5.82 Å². The molecule has 0 saturated carbocycles. The lowest BCUT2D eigenvalue weighted by atomic mass is 10.1. The van der Waals surface area contributed by atoms with Gasteiger partial charge in [-0.15, -0.1) is 11.3 Å². The molecule has 0 unspecified atom stereocenters. The van der Waals surface area contributed by atoms with Crippen LogP contribution in [0, 0.1) is 13.8 Å². The Bertz CT molecular complexity index is 772. The summed E-state index contributed by atoms with van der Waals surface area (Å²) in [7, 11) is 0. The summed E-state index contributed by atoms with van der Waals surface area (Å²) in [6.07, 6.45) is 4.24. The van der Waals surface area contributed by atoms with E-state index in [-0.39, 0.29) is 0 Å². The van der Waals surface area contributed by atoms with Crippen LogP contribution in [0.1, 0.15) is 30.9 Å². The summed E-state index contributed by atoms with van der Waals surface area (Å²) in [6, 6.07) is 1.99. The standard InChI is InChI=1S/C17H21N3S/c1-6-14(8-15-11(3)10-21-12(15)4)16-9-17(18-7-2)20-13(5)19-16/h6,8-10H,4,7H2,1-3,5H3,(H,18,19,20)/b14-6+,15-8-. The molecular weight excluding hydrogens is 278 g/mol. The van der Waals surface area contributed by atoms with Crippen LogP contribution in [0.2, 0.25) is 0 Å². The smallest absolute Gasteiger partial charge is 0.130 e. The first kappa shape index (κ1) is 15.4. The van der Waals surface area contributed by atoms with Gasteiger partial charge in [-0.3, -0.25) is 0 Å². The highest BCUT2D eigenvalue weighted by atomic mass is 32.1. The number of allylic oxidation sites excluding steroid dienone is 2. The minimum atomic E-state index is 0.771. The van der Waals surface area contributed by atoms with Crippen LogP contribution in [0.25, 0.3) is 18.2 Å².